The Morgan fingerprint density at radius 3 is 2.46 bits per heavy atom. The lowest BCUT2D eigenvalue weighted by Crippen LogP contribution is -2.10. The summed E-state index contributed by atoms with van der Waals surface area (Å²) in [6.07, 6.45) is -2.50. The first-order valence-electron chi connectivity index (χ1n) is 8.75. The highest BCUT2D eigenvalue weighted by molar-refractivity contribution is 8.00. The van der Waals surface area contributed by atoms with Crippen molar-refractivity contribution in [2.75, 3.05) is 10.5 Å². The van der Waals surface area contributed by atoms with Crippen LogP contribution in [0.2, 0.25) is 0 Å². The lowest BCUT2D eigenvalue weighted by Gasteiger charge is -2.16. The Labute approximate surface area is 164 Å². The molecule has 28 heavy (non-hydrogen) atoms. The summed E-state index contributed by atoms with van der Waals surface area (Å²) in [6.45, 7) is 0. The van der Waals surface area contributed by atoms with Gasteiger partial charge in [0.25, 0.3) is 0 Å². The maximum Gasteiger partial charge on any atom is 0.418 e. The van der Waals surface area contributed by atoms with Crippen LogP contribution in [-0.4, -0.2) is 9.97 Å². The molecule has 2 aromatic heterocycles. The van der Waals surface area contributed by atoms with E-state index in [-0.39, 0.29) is 5.69 Å². The summed E-state index contributed by atoms with van der Waals surface area (Å²) >= 11 is 1.14. The number of aromatic nitrogens is 2. The Balaban J connectivity index is 1.70. The normalized spacial score (nSPS) is 14.1. The van der Waals surface area contributed by atoms with E-state index < -0.39 is 11.7 Å². The molecule has 1 aliphatic rings. The number of anilines is 2. The monoisotopic (exact) mass is 402 g/mol. The van der Waals surface area contributed by atoms with Gasteiger partial charge in [-0.1, -0.05) is 30.3 Å². The van der Waals surface area contributed by atoms with Crippen LogP contribution in [0.5, 0.6) is 0 Å². The predicted molar refractivity (Wildman–Crippen MR) is 105 cm³/mol. The molecule has 1 fully saturated rings. The van der Waals surface area contributed by atoms with Crippen LogP contribution >= 0.6 is 11.9 Å². The van der Waals surface area contributed by atoms with E-state index in [1.807, 2.05) is 12.1 Å². The van der Waals surface area contributed by atoms with E-state index in [4.69, 9.17) is 5.73 Å². The van der Waals surface area contributed by atoms with E-state index in [0.717, 1.165) is 36.4 Å². The average molecular weight is 402 g/mol. The van der Waals surface area contributed by atoms with Gasteiger partial charge in [-0.25, -0.2) is 9.97 Å². The van der Waals surface area contributed by atoms with Crippen molar-refractivity contribution in [3.05, 3.63) is 65.7 Å². The van der Waals surface area contributed by atoms with Gasteiger partial charge >= 0.3 is 6.18 Å². The molecule has 1 aliphatic carbocycles. The Hall–Kier alpha value is -2.74. The van der Waals surface area contributed by atoms with Gasteiger partial charge in [0.2, 0.25) is 0 Å². The zero-order valence-electron chi connectivity index (χ0n) is 14.7. The Kier molecular flexibility index (Phi) is 4.89. The summed E-state index contributed by atoms with van der Waals surface area (Å²) in [5, 5.41) is 0.599. The Morgan fingerprint density at radius 1 is 0.964 bits per heavy atom. The van der Waals surface area contributed by atoms with Crippen LogP contribution in [0.4, 0.5) is 24.8 Å². The molecule has 0 amide bonds. The number of nitrogens with one attached hydrogen (secondary N) is 1. The van der Waals surface area contributed by atoms with Crippen LogP contribution in [-0.2, 0) is 6.18 Å². The van der Waals surface area contributed by atoms with Gasteiger partial charge in [0, 0.05) is 17.5 Å². The summed E-state index contributed by atoms with van der Waals surface area (Å²) < 4.78 is 43.8. The molecule has 4 nitrogen and oxygen atoms in total. The highest BCUT2D eigenvalue weighted by Gasteiger charge is 2.36. The van der Waals surface area contributed by atoms with Crippen LogP contribution in [0, 0.1) is 0 Å². The van der Waals surface area contributed by atoms with Gasteiger partial charge in [-0.15, -0.1) is 0 Å². The molecule has 0 spiro atoms. The third kappa shape index (κ3) is 4.06. The molecule has 0 atom stereocenters. The minimum atomic E-state index is -4.49. The smallest absolute Gasteiger partial charge is 0.384 e. The summed E-state index contributed by atoms with van der Waals surface area (Å²) in [4.78, 5) is 8.45. The van der Waals surface area contributed by atoms with Crippen molar-refractivity contribution >= 4 is 23.6 Å². The number of pyridine rings is 2. The number of nitrogens with two attached hydrogens (primary N) is 1. The van der Waals surface area contributed by atoms with E-state index in [1.165, 1.54) is 6.07 Å². The Bertz CT molecular complexity index is 1000. The largest absolute Gasteiger partial charge is 0.418 e. The number of hydrogen-bond donors (Lipinski definition) is 2. The number of halogens is 3. The zero-order chi connectivity index (χ0) is 19.7. The van der Waals surface area contributed by atoms with Crippen molar-refractivity contribution in [1.82, 2.24) is 9.97 Å². The van der Waals surface area contributed by atoms with E-state index in [2.05, 4.69) is 14.7 Å². The first-order valence-corrected chi connectivity index (χ1v) is 9.56. The topological polar surface area (TPSA) is 63.8 Å². The summed E-state index contributed by atoms with van der Waals surface area (Å²) in [6, 6.07) is 14.8. The van der Waals surface area contributed by atoms with E-state index in [9.17, 15) is 13.2 Å². The van der Waals surface area contributed by atoms with Gasteiger partial charge in [-0.3, -0.25) is 0 Å². The lowest BCUT2D eigenvalue weighted by molar-refractivity contribution is -0.137. The average Bonchev–Trinajstić information content (AvgIpc) is 3.51. The second kappa shape index (κ2) is 7.35. The summed E-state index contributed by atoms with van der Waals surface area (Å²) in [7, 11) is 0. The SMILES string of the molecule is Nc1cccc(SNc2ccc(C(F)(F)F)c(-c3ccccc3C3CC3)n2)n1. The van der Waals surface area contributed by atoms with Crippen molar-refractivity contribution < 1.29 is 13.2 Å². The molecule has 1 saturated carbocycles. The van der Waals surface area contributed by atoms with Crippen LogP contribution in [0.3, 0.4) is 0 Å². The van der Waals surface area contributed by atoms with E-state index in [1.54, 1.807) is 30.3 Å². The molecular formula is C20H17F3N4S. The summed E-state index contributed by atoms with van der Waals surface area (Å²) in [5.41, 5.74) is 6.32. The fraction of sp³-hybridized carbons (Fsp3) is 0.200. The minimum Gasteiger partial charge on any atom is -0.384 e. The highest BCUT2D eigenvalue weighted by Crippen LogP contribution is 2.46. The fourth-order valence-corrected chi connectivity index (χ4v) is 3.63. The molecular weight excluding hydrogens is 385 g/mol. The number of rotatable bonds is 5. The molecule has 0 unspecified atom stereocenters. The molecule has 2 heterocycles. The minimum absolute atomic E-state index is 0.0545. The molecule has 4 rings (SSSR count). The van der Waals surface area contributed by atoms with Crippen molar-refractivity contribution in [1.29, 1.82) is 0 Å². The molecule has 0 radical (unpaired) electrons. The fourth-order valence-electron chi connectivity index (χ4n) is 3.01. The molecule has 0 bridgehead atoms. The molecule has 144 valence electrons. The van der Waals surface area contributed by atoms with Gasteiger partial charge < -0.3 is 10.5 Å². The second-order valence-electron chi connectivity index (χ2n) is 6.56. The third-order valence-corrected chi connectivity index (χ3v) is 5.19. The van der Waals surface area contributed by atoms with Crippen molar-refractivity contribution in [3.8, 4) is 11.3 Å². The molecule has 8 heteroatoms. The number of nitrogen functional groups attached to an aromatic ring is 1. The quantitative estimate of drug-likeness (QED) is 0.533. The van der Waals surface area contributed by atoms with Crippen LogP contribution in [0.25, 0.3) is 11.3 Å². The Morgan fingerprint density at radius 2 is 1.75 bits per heavy atom. The standard InChI is InChI=1S/C20H17F3N4S/c21-20(22,23)15-10-11-17(27-28-18-7-3-6-16(24)25-18)26-19(15)14-5-2-1-4-13(14)12-8-9-12/h1-7,10-12H,8-9H2,(H2,24,25)(H,26,27). The highest BCUT2D eigenvalue weighted by atomic mass is 32.2. The predicted octanol–water partition coefficient (Wildman–Crippen LogP) is 5.74. The zero-order valence-corrected chi connectivity index (χ0v) is 15.5. The van der Waals surface area contributed by atoms with Gasteiger partial charge in [0.05, 0.1) is 11.3 Å². The van der Waals surface area contributed by atoms with Gasteiger partial charge in [-0.2, -0.15) is 13.2 Å². The van der Waals surface area contributed by atoms with Crippen molar-refractivity contribution in [3.63, 3.8) is 0 Å². The second-order valence-corrected chi connectivity index (χ2v) is 7.38. The van der Waals surface area contributed by atoms with Gasteiger partial charge in [0.15, 0.2) is 0 Å². The maximum absolute atomic E-state index is 13.6. The van der Waals surface area contributed by atoms with Crippen LogP contribution in [0.1, 0.15) is 29.9 Å². The molecule has 0 saturated heterocycles. The molecule has 1 aromatic carbocycles. The number of alkyl halides is 3. The van der Waals surface area contributed by atoms with Gasteiger partial charge in [-0.05, 0) is 48.6 Å². The van der Waals surface area contributed by atoms with Crippen LogP contribution < -0.4 is 10.5 Å². The lowest BCUT2D eigenvalue weighted by atomic mass is 9.97. The van der Waals surface area contributed by atoms with E-state index >= 15 is 0 Å². The number of benzene rings is 1. The molecule has 3 N–H and O–H groups in total. The molecule has 3 aromatic rings. The first-order chi connectivity index (χ1) is 13.4. The van der Waals surface area contributed by atoms with Gasteiger partial charge in [0.1, 0.15) is 16.7 Å². The third-order valence-electron chi connectivity index (χ3n) is 4.44. The van der Waals surface area contributed by atoms with Crippen LogP contribution in [0.15, 0.2) is 59.6 Å². The first kappa shape index (κ1) is 18.6. The van der Waals surface area contributed by atoms with Crippen molar-refractivity contribution in [2.24, 2.45) is 0 Å². The maximum atomic E-state index is 13.6. The molecule has 0 aliphatic heterocycles. The number of hydrogen-bond acceptors (Lipinski definition) is 5. The summed E-state index contributed by atoms with van der Waals surface area (Å²) in [5.74, 6) is 0.996. The van der Waals surface area contributed by atoms with E-state index in [0.29, 0.717) is 28.1 Å². The van der Waals surface area contributed by atoms with Crippen molar-refractivity contribution in [2.45, 2.75) is 30.0 Å². The number of nitrogens with zero attached hydrogens (tertiary/aromatic N) is 2.